The molecule has 2 amide bonds. The Kier molecular flexibility index (Phi) is 4.94. The summed E-state index contributed by atoms with van der Waals surface area (Å²) in [6.07, 6.45) is 0. The van der Waals surface area contributed by atoms with Crippen molar-refractivity contribution in [1.29, 1.82) is 0 Å². The molecule has 0 saturated carbocycles. The molecule has 7 heteroatoms. The number of carbonyl (C=O) groups excluding carboxylic acids is 1. The van der Waals surface area contributed by atoms with Gasteiger partial charge in [0.1, 0.15) is 12.3 Å². The Morgan fingerprint density at radius 2 is 2.00 bits per heavy atom. The van der Waals surface area contributed by atoms with E-state index in [1.54, 1.807) is 32.4 Å². The van der Waals surface area contributed by atoms with E-state index in [-0.39, 0.29) is 12.6 Å². The second-order valence-electron chi connectivity index (χ2n) is 5.40. The van der Waals surface area contributed by atoms with Gasteiger partial charge in [0.2, 0.25) is 11.7 Å². The summed E-state index contributed by atoms with van der Waals surface area (Å²) in [6, 6.07) is 16.4. The van der Waals surface area contributed by atoms with Gasteiger partial charge in [-0.3, -0.25) is 0 Å². The van der Waals surface area contributed by atoms with E-state index in [1.165, 1.54) is 4.90 Å². The first kappa shape index (κ1) is 16.5. The van der Waals surface area contributed by atoms with Crippen LogP contribution < -0.4 is 10.1 Å². The van der Waals surface area contributed by atoms with E-state index in [1.807, 2.05) is 36.4 Å². The van der Waals surface area contributed by atoms with Gasteiger partial charge >= 0.3 is 6.03 Å². The fourth-order valence-corrected chi connectivity index (χ4v) is 2.22. The zero-order chi connectivity index (χ0) is 17.6. The normalized spacial score (nSPS) is 10.3. The molecule has 128 valence electrons. The lowest BCUT2D eigenvalue weighted by Gasteiger charge is -2.16. The number of methoxy groups -OCH3 is 1. The van der Waals surface area contributed by atoms with Gasteiger partial charge in [-0.25, -0.2) is 4.79 Å². The molecule has 0 aliphatic heterocycles. The number of rotatable bonds is 5. The average Bonchev–Trinajstić information content (AvgIpc) is 3.11. The van der Waals surface area contributed by atoms with Gasteiger partial charge in [-0.2, -0.15) is 4.98 Å². The SMILES string of the molecule is COc1cccc(NC(=O)N(C)Cc2nc(-c3ccccc3)no2)c1. The smallest absolute Gasteiger partial charge is 0.322 e. The molecule has 3 rings (SSSR count). The van der Waals surface area contributed by atoms with Crippen LogP contribution in [0.5, 0.6) is 5.75 Å². The van der Waals surface area contributed by atoms with Crippen LogP contribution in [-0.2, 0) is 6.54 Å². The van der Waals surface area contributed by atoms with Crippen molar-refractivity contribution in [3.8, 4) is 17.1 Å². The summed E-state index contributed by atoms with van der Waals surface area (Å²) in [5.74, 6) is 1.53. The molecule has 0 radical (unpaired) electrons. The van der Waals surface area contributed by atoms with Gasteiger partial charge in [0.15, 0.2) is 0 Å². The van der Waals surface area contributed by atoms with E-state index in [9.17, 15) is 4.79 Å². The second kappa shape index (κ2) is 7.48. The highest BCUT2D eigenvalue weighted by molar-refractivity contribution is 5.89. The van der Waals surface area contributed by atoms with E-state index >= 15 is 0 Å². The molecular formula is C18H18N4O3. The van der Waals surface area contributed by atoms with Crippen molar-refractivity contribution in [1.82, 2.24) is 15.0 Å². The summed E-state index contributed by atoms with van der Waals surface area (Å²) in [5, 5.41) is 6.74. The topological polar surface area (TPSA) is 80.5 Å². The molecule has 3 aromatic rings. The highest BCUT2D eigenvalue weighted by Crippen LogP contribution is 2.18. The number of hydrogen-bond acceptors (Lipinski definition) is 5. The summed E-state index contributed by atoms with van der Waals surface area (Å²) >= 11 is 0. The van der Waals surface area contributed by atoms with Crippen molar-refractivity contribution < 1.29 is 14.1 Å². The van der Waals surface area contributed by atoms with Crippen molar-refractivity contribution in [3.05, 3.63) is 60.5 Å². The Balaban J connectivity index is 1.62. The fraction of sp³-hybridized carbons (Fsp3) is 0.167. The molecule has 0 bridgehead atoms. The minimum absolute atomic E-state index is 0.204. The number of amides is 2. The quantitative estimate of drug-likeness (QED) is 0.771. The van der Waals surface area contributed by atoms with Crippen LogP contribution in [0.15, 0.2) is 59.1 Å². The third-order valence-corrected chi connectivity index (χ3v) is 3.54. The summed E-state index contributed by atoms with van der Waals surface area (Å²) in [7, 11) is 3.23. The van der Waals surface area contributed by atoms with Crippen LogP contribution in [-0.4, -0.2) is 35.2 Å². The number of nitrogens with one attached hydrogen (secondary N) is 1. The van der Waals surface area contributed by atoms with Crippen LogP contribution >= 0.6 is 0 Å². The molecule has 0 aliphatic carbocycles. The lowest BCUT2D eigenvalue weighted by molar-refractivity contribution is 0.213. The van der Waals surface area contributed by atoms with Crippen LogP contribution in [0.1, 0.15) is 5.89 Å². The van der Waals surface area contributed by atoms with Gasteiger partial charge in [-0.15, -0.1) is 0 Å². The molecule has 1 N–H and O–H groups in total. The number of nitrogens with zero attached hydrogens (tertiary/aromatic N) is 3. The van der Waals surface area contributed by atoms with Gasteiger partial charge in [0.05, 0.1) is 7.11 Å². The first-order valence-electron chi connectivity index (χ1n) is 7.70. The maximum atomic E-state index is 12.3. The Bertz CT molecular complexity index is 848. The Morgan fingerprint density at radius 3 is 2.76 bits per heavy atom. The van der Waals surface area contributed by atoms with Crippen molar-refractivity contribution in [2.75, 3.05) is 19.5 Å². The number of benzene rings is 2. The third kappa shape index (κ3) is 4.14. The first-order chi connectivity index (χ1) is 12.2. The molecular weight excluding hydrogens is 320 g/mol. The van der Waals surface area contributed by atoms with E-state index < -0.39 is 0 Å². The maximum absolute atomic E-state index is 12.3. The summed E-state index contributed by atoms with van der Waals surface area (Å²) < 4.78 is 10.4. The number of urea groups is 1. The maximum Gasteiger partial charge on any atom is 0.322 e. The van der Waals surface area contributed by atoms with Crippen LogP contribution in [0.25, 0.3) is 11.4 Å². The van der Waals surface area contributed by atoms with Gasteiger partial charge in [-0.1, -0.05) is 41.6 Å². The van der Waals surface area contributed by atoms with E-state index in [4.69, 9.17) is 9.26 Å². The number of anilines is 1. The molecule has 0 atom stereocenters. The molecule has 7 nitrogen and oxygen atoms in total. The summed E-state index contributed by atoms with van der Waals surface area (Å²) in [5.41, 5.74) is 1.51. The highest BCUT2D eigenvalue weighted by atomic mass is 16.5. The molecule has 0 unspecified atom stereocenters. The Labute approximate surface area is 145 Å². The Morgan fingerprint density at radius 1 is 1.20 bits per heavy atom. The van der Waals surface area contributed by atoms with E-state index in [2.05, 4.69) is 15.5 Å². The van der Waals surface area contributed by atoms with Crippen molar-refractivity contribution in [2.24, 2.45) is 0 Å². The van der Waals surface area contributed by atoms with Crippen LogP contribution in [0, 0.1) is 0 Å². The number of aromatic nitrogens is 2. The number of carbonyl (C=O) groups is 1. The van der Waals surface area contributed by atoms with Gasteiger partial charge in [0, 0.05) is 24.4 Å². The van der Waals surface area contributed by atoms with Gasteiger partial charge in [-0.05, 0) is 12.1 Å². The number of hydrogen-bond donors (Lipinski definition) is 1. The largest absolute Gasteiger partial charge is 0.497 e. The Hall–Kier alpha value is -3.35. The lowest BCUT2D eigenvalue weighted by atomic mass is 10.2. The molecule has 0 aliphatic rings. The van der Waals surface area contributed by atoms with Crippen LogP contribution in [0.4, 0.5) is 10.5 Å². The van der Waals surface area contributed by atoms with Crippen molar-refractivity contribution >= 4 is 11.7 Å². The predicted molar refractivity (Wildman–Crippen MR) is 93.2 cm³/mol. The standard InChI is InChI=1S/C18H18N4O3/c1-22(18(23)19-14-9-6-10-15(11-14)24-2)12-16-20-17(21-25-16)13-7-4-3-5-8-13/h3-11H,12H2,1-2H3,(H,19,23). The van der Waals surface area contributed by atoms with Crippen LogP contribution in [0.3, 0.4) is 0 Å². The molecule has 25 heavy (non-hydrogen) atoms. The molecule has 0 fully saturated rings. The van der Waals surface area contributed by atoms with E-state index in [0.29, 0.717) is 23.2 Å². The average molecular weight is 338 g/mol. The molecule has 1 heterocycles. The second-order valence-corrected chi connectivity index (χ2v) is 5.40. The minimum Gasteiger partial charge on any atom is -0.497 e. The van der Waals surface area contributed by atoms with Crippen molar-refractivity contribution in [2.45, 2.75) is 6.54 Å². The van der Waals surface area contributed by atoms with E-state index in [0.717, 1.165) is 5.56 Å². The summed E-state index contributed by atoms with van der Waals surface area (Å²) in [4.78, 5) is 18.1. The summed E-state index contributed by atoms with van der Waals surface area (Å²) in [6.45, 7) is 0.204. The predicted octanol–water partition coefficient (Wildman–Crippen LogP) is 3.41. The highest BCUT2D eigenvalue weighted by Gasteiger charge is 2.15. The van der Waals surface area contributed by atoms with Gasteiger partial charge < -0.3 is 19.5 Å². The van der Waals surface area contributed by atoms with Gasteiger partial charge in [0.25, 0.3) is 0 Å². The van der Waals surface area contributed by atoms with Crippen molar-refractivity contribution in [3.63, 3.8) is 0 Å². The fourth-order valence-electron chi connectivity index (χ4n) is 2.22. The molecule has 1 aromatic heterocycles. The molecule has 0 saturated heterocycles. The van der Waals surface area contributed by atoms with Crippen LogP contribution in [0.2, 0.25) is 0 Å². The minimum atomic E-state index is -0.285. The number of ether oxygens (including phenoxy) is 1. The third-order valence-electron chi connectivity index (χ3n) is 3.54. The first-order valence-corrected chi connectivity index (χ1v) is 7.70. The zero-order valence-electron chi connectivity index (χ0n) is 14.0. The zero-order valence-corrected chi connectivity index (χ0v) is 14.0. The molecule has 0 spiro atoms. The molecule has 2 aromatic carbocycles. The lowest BCUT2D eigenvalue weighted by Crippen LogP contribution is -2.30. The monoisotopic (exact) mass is 338 g/mol.